The fourth-order valence-corrected chi connectivity index (χ4v) is 3.95. The lowest BCUT2D eigenvalue weighted by atomic mass is 10.2. The van der Waals surface area contributed by atoms with Gasteiger partial charge in [-0.1, -0.05) is 6.42 Å². The number of carboxylic acids is 1. The van der Waals surface area contributed by atoms with Crippen LogP contribution >= 0.6 is 23.3 Å². The Balaban J connectivity index is 1.96. The molecule has 1 aromatic rings. The number of aryl methyl sites for hydroxylation is 1. The molecule has 0 aliphatic carbocycles. The number of nitrogens with one attached hydrogen (secondary N) is 1. The number of hydrogen-bond acceptors (Lipinski definition) is 5. The highest BCUT2D eigenvalue weighted by Crippen LogP contribution is 2.28. The molecule has 1 unspecified atom stereocenters. The molecule has 17 heavy (non-hydrogen) atoms. The Morgan fingerprint density at radius 3 is 3.06 bits per heavy atom. The molecule has 0 saturated carbocycles. The molecule has 1 saturated heterocycles. The van der Waals surface area contributed by atoms with Crippen molar-refractivity contribution in [1.82, 2.24) is 4.37 Å². The average molecular weight is 272 g/mol. The van der Waals surface area contributed by atoms with Gasteiger partial charge >= 0.3 is 5.97 Å². The summed E-state index contributed by atoms with van der Waals surface area (Å²) in [6.07, 6.45) is 3.81. The first-order chi connectivity index (χ1) is 8.18. The SMILES string of the molecule is Cc1nsc(NCC2CCCCS2)c1C(=O)O. The largest absolute Gasteiger partial charge is 0.478 e. The van der Waals surface area contributed by atoms with Gasteiger partial charge in [0.05, 0.1) is 5.69 Å². The Morgan fingerprint density at radius 1 is 1.59 bits per heavy atom. The molecule has 6 heteroatoms. The highest BCUT2D eigenvalue weighted by Gasteiger charge is 2.19. The highest BCUT2D eigenvalue weighted by atomic mass is 32.2. The van der Waals surface area contributed by atoms with Gasteiger partial charge in [-0.15, -0.1) is 0 Å². The van der Waals surface area contributed by atoms with Gasteiger partial charge in [0.15, 0.2) is 0 Å². The molecule has 1 fully saturated rings. The van der Waals surface area contributed by atoms with Gasteiger partial charge in [-0.05, 0) is 37.1 Å². The van der Waals surface area contributed by atoms with E-state index in [9.17, 15) is 4.79 Å². The maximum atomic E-state index is 11.1. The van der Waals surface area contributed by atoms with Crippen LogP contribution in [0.1, 0.15) is 35.3 Å². The van der Waals surface area contributed by atoms with Crippen LogP contribution in [-0.4, -0.2) is 33.0 Å². The summed E-state index contributed by atoms with van der Waals surface area (Å²) in [4.78, 5) is 11.1. The zero-order chi connectivity index (χ0) is 12.3. The molecule has 0 bridgehead atoms. The molecular weight excluding hydrogens is 256 g/mol. The van der Waals surface area contributed by atoms with Crippen LogP contribution in [0.15, 0.2) is 0 Å². The van der Waals surface area contributed by atoms with Crippen molar-refractivity contribution in [2.24, 2.45) is 0 Å². The van der Waals surface area contributed by atoms with Crippen LogP contribution in [0.2, 0.25) is 0 Å². The van der Waals surface area contributed by atoms with Gasteiger partial charge in [-0.25, -0.2) is 4.79 Å². The van der Waals surface area contributed by atoms with Crippen molar-refractivity contribution < 1.29 is 9.90 Å². The predicted molar refractivity (Wildman–Crippen MR) is 72.4 cm³/mol. The molecule has 2 heterocycles. The number of carbonyl (C=O) groups is 1. The number of aromatic carboxylic acids is 1. The highest BCUT2D eigenvalue weighted by molar-refractivity contribution is 7.99. The number of carboxylic acid groups (broad SMARTS) is 1. The molecule has 2 rings (SSSR count). The number of nitrogens with zero attached hydrogens (tertiary/aromatic N) is 1. The molecule has 0 radical (unpaired) electrons. The quantitative estimate of drug-likeness (QED) is 0.882. The minimum Gasteiger partial charge on any atom is -0.478 e. The third-order valence-corrected chi connectivity index (χ3v) is 5.14. The van der Waals surface area contributed by atoms with E-state index in [4.69, 9.17) is 5.11 Å². The molecule has 0 spiro atoms. The van der Waals surface area contributed by atoms with Crippen LogP contribution < -0.4 is 5.32 Å². The van der Waals surface area contributed by atoms with E-state index in [0.717, 1.165) is 6.54 Å². The summed E-state index contributed by atoms with van der Waals surface area (Å²) in [5.41, 5.74) is 0.928. The van der Waals surface area contributed by atoms with Crippen LogP contribution in [0, 0.1) is 6.92 Å². The Kier molecular flexibility index (Phi) is 4.28. The first kappa shape index (κ1) is 12.7. The van der Waals surface area contributed by atoms with Crippen molar-refractivity contribution in [3.05, 3.63) is 11.3 Å². The van der Waals surface area contributed by atoms with Gasteiger partial charge < -0.3 is 10.4 Å². The molecule has 1 aliphatic heterocycles. The smallest absolute Gasteiger partial charge is 0.340 e. The van der Waals surface area contributed by atoms with Crippen LogP contribution in [0.25, 0.3) is 0 Å². The zero-order valence-corrected chi connectivity index (χ0v) is 11.4. The van der Waals surface area contributed by atoms with Gasteiger partial charge in [0.1, 0.15) is 10.6 Å². The van der Waals surface area contributed by atoms with Crippen molar-refractivity contribution in [2.75, 3.05) is 17.6 Å². The zero-order valence-electron chi connectivity index (χ0n) is 9.73. The minimum atomic E-state index is -0.893. The van der Waals surface area contributed by atoms with E-state index >= 15 is 0 Å². The van der Waals surface area contributed by atoms with Crippen molar-refractivity contribution in [1.29, 1.82) is 0 Å². The standard InChI is InChI=1S/C11H16N2O2S2/c1-7-9(11(14)15)10(17-13-7)12-6-8-4-2-3-5-16-8/h8,12H,2-6H2,1H3,(H,14,15). The first-order valence-electron chi connectivity index (χ1n) is 5.73. The van der Waals surface area contributed by atoms with Crippen LogP contribution in [0.3, 0.4) is 0 Å². The summed E-state index contributed by atoms with van der Waals surface area (Å²) >= 11 is 3.22. The molecule has 0 aromatic carbocycles. The van der Waals surface area contributed by atoms with E-state index in [1.807, 2.05) is 11.8 Å². The minimum absolute atomic E-state index is 0.329. The van der Waals surface area contributed by atoms with Crippen molar-refractivity contribution in [2.45, 2.75) is 31.4 Å². The van der Waals surface area contributed by atoms with Gasteiger partial charge in [-0.2, -0.15) is 16.1 Å². The third kappa shape index (κ3) is 3.13. The molecule has 94 valence electrons. The van der Waals surface area contributed by atoms with Crippen LogP contribution in [0.4, 0.5) is 5.00 Å². The normalized spacial score (nSPS) is 20.2. The van der Waals surface area contributed by atoms with E-state index in [1.165, 1.54) is 36.5 Å². The lowest BCUT2D eigenvalue weighted by Gasteiger charge is -2.21. The second-order valence-electron chi connectivity index (χ2n) is 4.15. The number of hydrogen-bond donors (Lipinski definition) is 2. The fraction of sp³-hybridized carbons (Fsp3) is 0.636. The van der Waals surface area contributed by atoms with Crippen molar-refractivity contribution >= 4 is 34.3 Å². The van der Waals surface area contributed by atoms with E-state index in [2.05, 4.69) is 9.69 Å². The van der Waals surface area contributed by atoms with E-state index in [-0.39, 0.29) is 0 Å². The lowest BCUT2D eigenvalue weighted by molar-refractivity contribution is 0.0697. The molecular formula is C11H16N2O2S2. The van der Waals surface area contributed by atoms with E-state index in [0.29, 0.717) is 21.5 Å². The number of anilines is 1. The monoisotopic (exact) mass is 272 g/mol. The lowest BCUT2D eigenvalue weighted by Crippen LogP contribution is -2.20. The Labute approximate surface area is 109 Å². The van der Waals surface area contributed by atoms with Gasteiger partial charge in [0, 0.05) is 11.8 Å². The summed E-state index contributed by atoms with van der Waals surface area (Å²) in [5.74, 6) is 0.329. The average Bonchev–Trinajstić information content (AvgIpc) is 2.69. The van der Waals surface area contributed by atoms with Gasteiger partial charge in [0.25, 0.3) is 0 Å². The van der Waals surface area contributed by atoms with Gasteiger partial charge in [0.2, 0.25) is 0 Å². The molecule has 1 aromatic heterocycles. The number of aromatic nitrogens is 1. The maximum absolute atomic E-state index is 11.1. The summed E-state index contributed by atoms with van der Waals surface area (Å²) in [7, 11) is 0. The summed E-state index contributed by atoms with van der Waals surface area (Å²) in [6, 6.07) is 0. The van der Waals surface area contributed by atoms with Crippen molar-refractivity contribution in [3.63, 3.8) is 0 Å². The predicted octanol–water partition coefficient (Wildman–Crippen LogP) is 2.85. The fourth-order valence-electron chi connectivity index (χ4n) is 1.92. The second-order valence-corrected chi connectivity index (χ2v) is 6.33. The maximum Gasteiger partial charge on any atom is 0.340 e. The van der Waals surface area contributed by atoms with E-state index in [1.54, 1.807) is 6.92 Å². The molecule has 4 nitrogen and oxygen atoms in total. The second kappa shape index (κ2) is 5.73. The van der Waals surface area contributed by atoms with Gasteiger partial charge in [-0.3, -0.25) is 0 Å². The molecule has 0 amide bonds. The van der Waals surface area contributed by atoms with Crippen molar-refractivity contribution in [3.8, 4) is 0 Å². The van der Waals surface area contributed by atoms with Crippen LogP contribution in [-0.2, 0) is 0 Å². The Morgan fingerprint density at radius 2 is 2.41 bits per heavy atom. The number of thioether (sulfide) groups is 1. The van der Waals surface area contributed by atoms with E-state index < -0.39 is 5.97 Å². The Bertz CT molecular complexity index is 400. The number of rotatable bonds is 4. The molecule has 2 N–H and O–H groups in total. The van der Waals surface area contributed by atoms with Crippen LogP contribution in [0.5, 0.6) is 0 Å². The molecule has 1 aliphatic rings. The topological polar surface area (TPSA) is 62.2 Å². The third-order valence-electron chi connectivity index (χ3n) is 2.84. The molecule has 1 atom stereocenters. The first-order valence-corrected chi connectivity index (χ1v) is 7.55. The summed E-state index contributed by atoms with van der Waals surface area (Å²) < 4.78 is 4.09. The summed E-state index contributed by atoms with van der Waals surface area (Å²) in [6.45, 7) is 2.58. The summed E-state index contributed by atoms with van der Waals surface area (Å²) in [5, 5.41) is 13.6. The Hall–Kier alpha value is -0.750.